The highest BCUT2D eigenvalue weighted by Crippen LogP contribution is 2.29. The molecule has 0 radical (unpaired) electrons. The number of nitrogens with zero attached hydrogens (tertiary/aromatic N) is 3. The molecule has 2 N–H and O–H groups in total. The molecular weight excluding hydrogens is 224 g/mol. The van der Waals surface area contributed by atoms with Crippen molar-refractivity contribution in [1.29, 1.82) is 0 Å². The third-order valence-electron chi connectivity index (χ3n) is 3.32. The minimum atomic E-state index is -0.0425. The van der Waals surface area contributed by atoms with Crippen LogP contribution in [0, 0.1) is 5.92 Å². The Morgan fingerprint density at radius 3 is 3.12 bits per heavy atom. The molecule has 0 aromatic carbocycles. The van der Waals surface area contributed by atoms with E-state index >= 15 is 0 Å². The summed E-state index contributed by atoms with van der Waals surface area (Å²) in [6.07, 6.45) is 3.31. The Hall–Kier alpha value is -1.01. The lowest BCUT2D eigenvalue weighted by molar-refractivity contribution is 0.0694. The second kappa shape index (κ2) is 4.88. The highest BCUT2D eigenvalue weighted by atomic mass is 32.1. The molecule has 1 fully saturated rings. The molecule has 2 unspecified atom stereocenters. The first-order chi connectivity index (χ1) is 7.74. The number of rotatable bonds is 3. The fourth-order valence-electron chi connectivity index (χ4n) is 2.39. The third-order valence-corrected chi connectivity index (χ3v) is 3.82. The van der Waals surface area contributed by atoms with Crippen molar-refractivity contribution in [3.05, 3.63) is 11.1 Å². The molecule has 88 valence electrons. The SMILES string of the molecule is CN(C(=O)c1csnn1)C1CCCC1CN. The average Bonchev–Trinajstić information content (AvgIpc) is 2.97. The van der Waals surface area contributed by atoms with Crippen LogP contribution in [0.15, 0.2) is 5.38 Å². The van der Waals surface area contributed by atoms with Gasteiger partial charge in [-0.3, -0.25) is 4.79 Å². The van der Waals surface area contributed by atoms with Crippen molar-refractivity contribution >= 4 is 17.4 Å². The van der Waals surface area contributed by atoms with Crippen LogP contribution in [-0.2, 0) is 0 Å². The minimum absolute atomic E-state index is 0.0425. The van der Waals surface area contributed by atoms with E-state index in [2.05, 4.69) is 9.59 Å². The van der Waals surface area contributed by atoms with Gasteiger partial charge in [-0.1, -0.05) is 10.9 Å². The highest BCUT2D eigenvalue weighted by molar-refractivity contribution is 7.03. The molecule has 1 aliphatic carbocycles. The molecule has 1 aromatic heterocycles. The number of amides is 1. The summed E-state index contributed by atoms with van der Waals surface area (Å²) in [6.45, 7) is 0.650. The lowest BCUT2D eigenvalue weighted by Crippen LogP contribution is -2.41. The molecule has 16 heavy (non-hydrogen) atoms. The quantitative estimate of drug-likeness (QED) is 0.845. The molecular formula is C10H16N4OS. The van der Waals surface area contributed by atoms with Crippen LogP contribution in [0.4, 0.5) is 0 Å². The summed E-state index contributed by atoms with van der Waals surface area (Å²) in [5.41, 5.74) is 6.16. The predicted octanol–water partition coefficient (Wildman–Crippen LogP) is 0.737. The van der Waals surface area contributed by atoms with E-state index < -0.39 is 0 Å². The molecule has 1 saturated carbocycles. The zero-order chi connectivity index (χ0) is 11.5. The van der Waals surface area contributed by atoms with Gasteiger partial charge < -0.3 is 10.6 Å². The number of carbonyl (C=O) groups is 1. The number of hydrogen-bond donors (Lipinski definition) is 1. The summed E-state index contributed by atoms with van der Waals surface area (Å²) in [5.74, 6) is 0.389. The lowest BCUT2D eigenvalue weighted by atomic mass is 10.0. The molecule has 1 aromatic rings. The minimum Gasteiger partial charge on any atom is -0.337 e. The Labute approximate surface area is 98.8 Å². The van der Waals surface area contributed by atoms with Crippen LogP contribution in [0.5, 0.6) is 0 Å². The Kier molecular flexibility index (Phi) is 3.50. The van der Waals surface area contributed by atoms with Gasteiger partial charge in [0.05, 0.1) is 0 Å². The van der Waals surface area contributed by atoms with Crippen molar-refractivity contribution in [1.82, 2.24) is 14.5 Å². The van der Waals surface area contributed by atoms with Crippen LogP contribution in [0.1, 0.15) is 29.8 Å². The standard InChI is InChI=1S/C10H16N4OS/c1-14(9-4-2-3-7(9)5-11)10(15)8-6-16-13-12-8/h6-7,9H,2-5,11H2,1H3. The van der Waals surface area contributed by atoms with Crippen molar-refractivity contribution in [3.8, 4) is 0 Å². The summed E-state index contributed by atoms with van der Waals surface area (Å²) < 4.78 is 3.71. The van der Waals surface area contributed by atoms with Crippen molar-refractivity contribution in [3.63, 3.8) is 0 Å². The van der Waals surface area contributed by atoms with E-state index in [0.717, 1.165) is 19.3 Å². The van der Waals surface area contributed by atoms with Gasteiger partial charge >= 0.3 is 0 Å². The van der Waals surface area contributed by atoms with Gasteiger partial charge in [0, 0.05) is 18.5 Å². The van der Waals surface area contributed by atoms with Crippen LogP contribution < -0.4 is 5.73 Å². The monoisotopic (exact) mass is 240 g/mol. The van der Waals surface area contributed by atoms with Crippen molar-refractivity contribution in [2.75, 3.05) is 13.6 Å². The Bertz CT molecular complexity index is 354. The van der Waals surface area contributed by atoms with E-state index in [1.807, 2.05) is 7.05 Å². The molecule has 0 saturated heterocycles. The maximum Gasteiger partial charge on any atom is 0.275 e. The van der Waals surface area contributed by atoms with Gasteiger partial charge in [0.25, 0.3) is 5.91 Å². The second-order valence-electron chi connectivity index (χ2n) is 4.20. The molecule has 1 heterocycles. The van der Waals surface area contributed by atoms with E-state index in [4.69, 9.17) is 5.73 Å². The molecule has 1 aliphatic rings. The van der Waals surface area contributed by atoms with Gasteiger partial charge in [0.1, 0.15) is 0 Å². The van der Waals surface area contributed by atoms with E-state index in [1.54, 1.807) is 10.3 Å². The molecule has 0 aliphatic heterocycles. The number of hydrogen-bond acceptors (Lipinski definition) is 5. The molecule has 1 amide bonds. The van der Waals surface area contributed by atoms with Crippen LogP contribution in [0.25, 0.3) is 0 Å². The number of carbonyl (C=O) groups excluding carboxylic acids is 1. The normalized spacial score (nSPS) is 24.6. The van der Waals surface area contributed by atoms with Gasteiger partial charge in [-0.15, -0.1) is 5.10 Å². The molecule has 6 heteroatoms. The first-order valence-electron chi connectivity index (χ1n) is 5.48. The van der Waals surface area contributed by atoms with Gasteiger partial charge in [-0.25, -0.2) is 0 Å². The summed E-state index contributed by atoms with van der Waals surface area (Å²) >= 11 is 1.20. The van der Waals surface area contributed by atoms with E-state index in [1.165, 1.54) is 11.5 Å². The van der Waals surface area contributed by atoms with Crippen LogP contribution in [-0.4, -0.2) is 40.0 Å². The average molecular weight is 240 g/mol. The van der Waals surface area contributed by atoms with Crippen LogP contribution in [0.2, 0.25) is 0 Å². The van der Waals surface area contributed by atoms with Gasteiger partial charge in [-0.05, 0) is 36.8 Å². The van der Waals surface area contributed by atoms with E-state index in [9.17, 15) is 4.79 Å². The Morgan fingerprint density at radius 2 is 2.50 bits per heavy atom. The van der Waals surface area contributed by atoms with Crippen molar-refractivity contribution in [2.45, 2.75) is 25.3 Å². The highest BCUT2D eigenvalue weighted by Gasteiger charge is 2.32. The maximum absolute atomic E-state index is 12.0. The van der Waals surface area contributed by atoms with E-state index in [0.29, 0.717) is 18.2 Å². The summed E-state index contributed by atoms with van der Waals surface area (Å²) in [5, 5.41) is 5.49. The molecule has 2 atom stereocenters. The largest absolute Gasteiger partial charge is 0.337 e. The van der Waals surface area contributed by atoms with Crippen LogP contribution in [0.3, 0.4) is 0 Å². The molecule has 0 spiro atoms. The van der Waals surface area contributed by atoms with E-state index in [-0.39, 0.29) is 11.9 Å². The Morgan fingerprint density at radius 1 is 1.69 bits per heavy atom. The zero-order valence-corrected chi connectivity index (χ0v) is 10.1. The summed E-state index contributed by atoms with van der Waals surface area (Å²) in [7, 11) is 1.83. The maximum atomic E-state index is 12.0. The number of aromatic nitrogens is 2. The molecule has 5 nitrogen and oxygen atoms in total. The van der Waals surface area contributed by atoms with Gasteiger partial charge in [0.15, 0.2) is 5.69 Å². The summed E-state index contributed by atoms with van der Waals surface area (Å²) in [4.78, 5) is 13.8. The zero-order valence-electron chi connectivity index (χ0n) is 9.30. The van der Waals surface area contributed by atoms with Gasteiger partial charge in [0.2, 0.25) is 0 Å². The fourth-order valence-corrected chi connectivity index (χ4v) is 2.82. The molecule has 2 rings (SSSR count). The topological polar surface area (TPSA) is 72.1 Å². The first kappa shape index (κ1) is 11.5. The fraction of sp³-hybridized carbons (Fsp3) is 0.700. The lowest BCUT2D eigenvalue weighted by Gasteiger charge is -2.28. The molecule has 0 bridgehead atoms. The summed E-state index contributed by atoms with van der Waals surface area (Å²) in [6, 6.07) is 0.263. The number of nitrogens with two attached hydrogens (primary N) is 1. The van der Waals surface area contributed by atoms with Crippen LogP contribution >= 0.6 is 11.5 Å². The second-order valence-corrected chi connectivity index (χ2v) is 4.81. The van der Waals surface area contributed by atoms with Gasteiger partial charge in [-0.2, -0.15) is 0 Å². The van der Waals surface area contributed by atoms with Crippen molar-refractivity contribution in [2.24, 2.45) is 11.7 Å². The van der Waals surface area contributed by atoms with Crippen molar-refractivity contribution < 1.29 is 4.79 Å². The smallest absolute Gasteiger partial charge is 0.275 e. The first-order valence-corrected chi connectivity index (χ1v) is 6.32. The Balaban J connectivity index is 2.07. The predicted molar refractivity (Wildman–Crippen MR) is 62.2 cm³/mol. The third kappa shape index (κ3) is 2.08.